The number of hydrogen-bond donors (Lipinski definition) is 0. The van der Waals surface area contributed by atoms with E-state index in [4.69, 9.17) is 4.74 Å². The maximum Gasteiger partial charge on any atom is 1.00 e. The van der Waals surface area contributed by atoms with Gasteiger partial charge in [-0.3, -0.25) is 0 Å². The molecule has 0 aliphatic rings. The molecular formula is C17H17NaO3. The molecule has 0 fully saturated rings. The van der Waals surface area contributed by atoms with Gasteiger partial charge in [0.05, 0.1) is 5.97 Å². The van der Waals surface area contributed by atoms with E-state index in [0.717, 1.165) is 6.42 Å². The van der Waals surface area contributed by atoms with Crippen LogP contribution in [-0.4, -0.2) is 12.6 Å². The number of hydrogen-bond acceptors (Lipinski definition) is 3. The van der Waals surface area contributed by atoms with E-state index in [2.05, 4.69) is 19.1 Å². The van der Waals surface area contributed by atoms with Crippen molar-refractivity contribution in [2.24, 2.45) is 0 Å². The number of carbonyl (C=O) groups is 1. The normalized spacial score (nSPS) is 11.3. The Morgan fingerprint density at radius 3 is 2.29 bits per heavy atom. The van der Waals surface area contributed by atoms with Gasteiger partial charge in [0.2, 0.25) is 0 Å². The second-order valence-electron chi connectivity index (χ2n) is 4.82. The van der Waals surface area contributed by atoms with Crippen molar-refractivity contribution in [3.63, 3.8) is 0 Å². The van der Waals surface area contributed by atoms with Gasteiger partial charge in [0, 0.05) is 0 Å². The first-order valence-corrected chi connectivity index (χ1v) is 6.61. The minimum atomic E-state index is -1.22. The van der Waals surface area contributed by atoms with E-state index in [9.17, 15) is 9.90 Å². The molecule has 0 aliphatic carbocycles. The first kappa shape index (κ1) is 17.8. The number of carboxylic acids is 1. The predicted molar refractivity (Wildman–Crippen MR) is 75.5 cm³/mol. The zero-order valence-electron chi connectivity index (χ0n) is 12.4. The summed E-state index contributed by atoms with van der Waals surface area (Å²) in [7, 11) is 0. The maximum atomic E-state index is 10.3. The summed E-state index contributed by atoms with van der Waals surface area (Å²) in [6, 6.07) is 17.9. The van der Waals surface area contributed by atoms with Gasteiger partial charge in [-0.1, -0.05) is 49.4 Å². The van der Waals surface area contributed by atoms with Gasteiger partial charge in [-0.05, 0) is 35.6 Å². The van der Waals surface area contributed by atoms with Gasteiger partial charge >= 0.3 is 29.6 Å². The van der Waals surface area contributed by atoms with Crippen molar-refractivity contribution < 1.29 is 44.2 Å². The zero-order valence-corrected chi connectivity index (χ0v) is 14.4. The summed E-state index contributed by atoms with van der Waals surface area (Å²) in [5.74, 6) is -0.274. The van der Waals surface area contributed by atoms with Crippen LogP contribution in [0.15, 0.2) is 54.6 Å². The molecule has 0 amide bonds. The third kappa shape index (κ3) is 5.92. The van der Waals surface area contributed by atoms with Gasteiger partial charge in [-0.15, -0.1) is 0 Å². The molecule has 2 aromatic carbocycles. The molecule has 0 aliphatic heterocycles. The summed E-state index contributed by atoms with van der Waals surface area (Å²) < 4.78 is 5.06. The van der Waals surface area contributed by atoms with Crippen molar-refractivity contribution in [3.8, 4) is 5.75 Å². The molecule has 0 spiro atoms. The van der Waals surface area contributed by atoms with Crippen LogP contribution in [-0.2, 0) is 11.2 Å². The number of benzene rings is 2. The number of rotatable bonds is 6. The van der Waals surface area contributed by atoms with E-state index in [1.807, 2.05) is 30.3 Å². The molecule has 21 heavy (non-hydrogen) atoms. The molecule has 0 saturated carbocycles. The van der Waals surface area contributed by atoms with Crippen LogP contribution in [0.3, 0.4) is 0 Å². The van der Waals surface area contributed by atoms with Gasteiger partial charge in [0.15, 0.2) is 0 Å². The quantitative estimate of drug-likeness (QED) is 0.653. The van der Waals surface area contributed by atoms with Crippen LogP contribution >= 0.6 is 0 Å². The van der Waals surface area contributed by atoms with Crippen molar-refractivity contribution in [1.82, 2.24) is 0 Å². The SMILES string of the molecule is CC(Cc1ccccc1)c1ccc(OCC(=O)[O-])cc1.[Na+]. The van der Waals surface area contributed by atoms with Crippen LogP contribution in [0.25, 0.3) is 0 Å². The Bertz CT molecular complexity index is 552. The van der Waals surface area contributed by atoms with Gasteiger partial charge in [-0.25, -0.2) is 0 Å². The summed E-state index contributed by atoms with van der Waals surface area (Å²) >= 11 is 0. The number of ether oxygens (including phenoxy) is 1. The topological polar surface area (TPSA) is 49.4 Å². The molecule has 2 rings (SSSR count). The first-order valence-electron chi connectivity index (χ1n) is 6.61. The van der Waals surface area contributed by atoms with Crippen LogP contribution in [0.1, 0.15) is 24.0 Å². The Labute approximate surface area is 147 Å². The second-order valence-corrected chi connectivity index (χ2v) is 4.82. The molecule has 1 atom stereocenters. The molecule has 1 unspecified atom stereocenters. The van der Waals surface area contributed by atoms with E-state index in [0.29, 0.717) is 11.7 Å². The van der Waals surface area contributed by atoms with E-state index in [1.165, 1.54) is 11.1 Å². The summed E-state index contributed by atoms with van der Waals surface area (Å²) in [6.07, 6.45) is 0.972. The molecule has 0 heterocycles. The van der Waals surface area contributed by atoms with Crippen LogP contribution in [0.5, 0.6) is 5.75 Å². The molecule has 4 heteroatoms. The Kier molecular flexibility index (Phi) is 7.51. The molecule has 2 aromatic rings. The van der Waals surface area contributed by atoms with Crippen LogP contribution in [0, 0.1) is 0 Å². The van der Waals surface area contributed by atoms with Crippen molar-refractivity contribution in [2.75, 3.05) is 6.61 Å². The molecule has 104 valence electrons. The summed E-state index contributed by atoms with van der Waals surface area (Å²) in [6.45, 7) is 1.75. The molecular weight excluding hydrogens is 275 g/mol. The van der Waals surface area contributed by atoms with E-state index in [-0.39, 0.29) is 29.6 Å². The smallest absolute Gasteiger partial charge is 0.546 e. The van der Waals surface area contributed by atoms with E-state index < -0.39 is 12.6 Å². The van der Waals surface area contributed by atoms with Crippen LogP contribution in [0.2, 0.25) is 0 Å². The maximum absolute atomic E-state index is 10.3. The number of aliphatic carboxylic acids is 1. The van der Waals surface area contributed by atoms with E-state index >= 15 is 0 Å². The Balaban J connectivity index is 0.00000220. The van der Waals surface area contributed by atoms with Gasteiger partial charge in [-0.2, -0.15) is 0 Å². The number of carboxylic acid groups (broad SMARTS) is 1. The Morgan fingerprint density at radius 2 is 1.71 bits per heavy atom. The largest absolute Gasteiger partial charge is 1.00 e. The molecule has 0 bridgehead atoms. The minimum Gasteiger partial charge on any atom is -0.546 e. The van der Waals surface area contributed by atoms with Crippen LogP contribution in [0.4, 0.5) is 0 Å². The fraction of sp³-hybridized carbons (Fsp3) is 0.235. The fourth-order valence-corrected chi connectivity index (χ4v) is 2.12. The standard InChI is InChI=1S/C17H18O3.Na/c1-13(11-14-5-3-2-4-6-14)15-7-9-16(10-8-15)20-12-17(18)19;/h2-10,13H,11-12H2,1H3,(H,18,19);/q;+1/p-1. The molecule has 0 aromatic heterocycles. The Hall–Kier alpha value is -1.29. The summed E-state index contributed by atoms with van der Waals surface area (Å²) in [5, 5.41) is 10.3. The molecule has 0 N–H and O–H groups in total. The van der Waals surface area contributed by atoms with Crippen LogP contribution < -0.4 is 39.4 Å². The molecule has 0 saturated heterocycles. The third-order valence-corrected chi connectivity index (χ3v) is 3.19. The van der Waals surface area contributed by atoms with Crippen molar-refractivity contribution in [1.29, 1.82) is 0 Å². The first-order chi connectivity index (χ1) is 9.65. The van der Waals surface area contributed by atoms with E-state index in [1.54, 1.807) is 12.1 Å². The summed E-state index contributed by atoms with van der Waals surface area (Å²) in [5.41, 5.74) is 2.51. The monoisotopic (exact) mass is 292 g/mol. The average molecular weight is 292 g/mol. The van der Waals surface area contributed by atoms with Gasteiger partial charge < -0.3 is 14.6 Å². The fourth-order valence-electron chi connectivity index (χ4n) is 2.12. The predicted octanol–water partition coefficient (Wildman–Crippen LogP) is -0.834. The summed E-state index contributed by atoms with van der Waals surface area (Å²) in [4.78, 5) is 10.3. The minimum absolute atomic E-state index is 0. The third-order valence-electron chi connectivity index (χ3n) is 3.19. The van der Waals surface area contributed by atoms with Gasteiger partial charge in [0.1, 0.15) is 12.4 Å². The van der Waals surface area contributed by atoms with Crippen molar-refractivity contribution >= 4 is 5.97 Å². The molecule has 3 nitrogen and oxygen atoms in total. The zero-order chi connectivity index (χ0) is 14.4. The van der Waals surface area contributed by atoms with Gasteiger partial charge in [0.25, 0.3) is 0 Å². The number of carbonyl (C=O) groups excluding carboxylic acids is 1. The van der Waals surface area contributed by atoms with Crippen molar-refractivity contribution in [2.45, 2.75) is 19.3 Å². The average Bonchev–Trinajstić information content (AvgIpc) is 2.46. The van der Waals surface area contributed by atoms with Crippen molar-refractivity contribution in [3.05, 3.63) is 65.7 Å². The second kappa shape index (κ2) is 8.88. The molecule has 0 radical (unpaired) electrons. The Morgan fingerprint density at radius 1 is 1.10 bits per heavy atom.